The van der Waals surface area contributed by atoms with Crippen LogP contribution in [0.15, 0.2) is 48.9 Å². The largest absolute Gasteiger partial charge is 0.294 e. The lowest BCUT2D eigenvalue weighted by Crippen LogP contribution is -2.31. The molecule has 0 fully saturated rings. The second-order valence-corrected chi connectivity index (χ2v) is 7.35. The monoisotopic (exact) mass is 347 g/mol. The van der Waals surface area contributed by atoms with E-state index in [9.17, 15) is 0 Å². The van der Waals surface area contributed by atoms with Gasteiger partial charge in [-0.05, 0) is 5.56 Å². The van der Waals surface area contributed by atoms with Gasteiger partial charge in [-0.15, -0.1) is 0 Å². The zero-order valence-corrected chi connectivity index (χ0v) is 15.5. The zero-order valence-electron chi connectivity index (χ0n) is 15.5. The van der Waals surface area contributed by atoms with Crippen LogP contribution in [-0.2, 0) is 26.1 Å². The Morgan fingerprint density at radius 3 is 2.69 bits per heavy atom. The fourth-order valence-electron chi connectivity index (χ4n) is 3.41. The molecule has 0 amide bonds. The third-order valence-corrected chi connectivity index (χ3v) is 4.83. The van der Waals surface area contributed by atoms with Crippen LogP contribution in [0.25, 0.3) is 0 Å². The molecule has 4 rings (SSSR count). The molecule has 0 N–H and O–H groups in total. The highest BCUT2D eigenvalue weighted by atomic mass is 15.3. The van der Waals surface area contributed by atoms with Crippen LogP contribution in [0.4, 0.5) is 0 Å². The van der Waals surface area contributed by atoms with Gasteiger partial charge in [0.1, 0.15) is 5.82 Å². The van der Waals surface area contributed by atoms with Crippen LogP contribution in [0, 0.1) is 0 Å². The fraction of sp³-hybridized carbons (Fsp3) is 0.381. The Hall–Kier alpha value is -2.53. The molecule has 3 heterocycles. The molecule has 0 bridgehead atoms. The van der Waals surface area contributed by atoms with Gasteiger partial charge in [-0.2, -0.15) is 5.10 Å². The molecule has 26 heavy (non-hydrogen) atoms. The second-order valence-electron chi connectivity index (χ2n) is 7.35. The van der Waals surface area contributed by atoms with Gasteiger partial charge in [-0.3, -0.25) is 9.58 Å². The van der Waals surface area contributed by atoms with Gasteiger partial charge in [-0.25, -0.2) is 9.97 Å². The topological polar surface area (TPSA) is 46.8 Å². The van der Waals surface area contributed by atoms with E-state index in [1.807, 2.05) is 23.1 Å². The highest BCUT2D eigenvalue weighted by Gasteiger charge is 2.19. The first-order valence-corrected chi connectivity index (χ1v) is 9.29. The SMILES string of the molecule is CC(C)c1ncc2c(n1)CCN(Cc1cnn(Cc3ccccc3)c1)C2. The number of fused-ring (bicyclic) bond motifs is 1. The maximum absolute atomic E-state index is 4.75. The van der Waals surface area contributed by atoms with E-state index < -0.39 is 0 Å². The van der Waals surface area contributed by atoms with Crippen molar-refractivity contribution in [3.63, 3.8) is 0 Å². The van der Waals surface area contributed by atoms with E-state index in [0.29, 0.717) is 5.92 Å². The van der Waals surface area contributed by atoms with Crippen molar-refractivity contribution in [3.8, 4) is 0 Å². The highest BCUT2D eigenvalue weighted by molar-refractivity contribution is 5.22. The fourth-order valence-corrected chi connectivity index (χ4v) is 3.41. The van der Waals surface area contributed by atoms with Crippen LogP contribution < -0.4 is 0 Å². The molecule has 1 aromatic carbocycles. The maximum atomic E-state index is 4.75. The van der Waals surface area contributed by atoms with Crippen molar-refractivity contribution in [3.05, 3.63) is 77.1 Å². The summed E-state index contributed by atoms with van der Waals surface area (Å²) in [4.78, 5) is 11.7. The molecule has 0 unspecified atom stereocenters. The van der Waals surface area contributed by atoms with Crippen LogP contribution in [0.5, 0.6) is 0 Å². The molecule has 2 aromatic heterocycles. The summed E-state index contributed by atoms with van der Waals surface area (Å²) in [7, 11) is 0. The predicted molar refractivity (Wildman–Crippen MR) is 102 cm³/mol. The summed E-state index contributed by atoms with van der Waals surface area (Å²) in [6.07, 6.45) is 7.15. The van der Waals surface area contributed by atoms with Gasteiger partial charge in [0.15, 0.2) is 0 Å². The van der Waals surface area contributed by atoms with Gasteiger partial charge in [0, 0.05) is 61.2 Å². The summed E-state index contributed by atoms with van der Waals surface area (Å²) in [6, 6.07) is 10.4. The molecular weight excluding hydrogens is 322 g/mol. The van der Waals surface area contributed by atoms with E-state index in [0.717, 1.165) is 38.4 Å². The molecular formula is C21H25N5. The smallest absolute Gasteiger partial charge is 0.131 e. The van der Waals surface area contributed by atoms with Crippen LogP contribution in [0.2, 0.25) is 0 Å². The molecule has 3 aromatic rings. The van der Waals surface area contributed by atoms with E-state index in [-0.39, 0.29) is 0 Å². The number of rotatable bonds is 5. The van der Waals surface area contributed by atoms with Gasteiger partial charge in [0.25, 0.3) is 0 Å². The number of aromatic nitrogens is 4. The Morgan fingerprint density at radius 2 is 1.88 bits per heavy atom. The van der Waals surface area contributed by atoms with Crippen molar-refractivity contribution in [1.29, 1.82) is 0 Å². The van der Waals surface area contributed by atoms with Crippen LogP contribution >= 0.6 is 0 Å². The quantitative estimate of drug-likeness (QED) is 0.710. The van der Waals surface area contributed by atoms with Gasteiger partial charge < -0.3 is 0 Å². The average Bonchev–Trinajstić information content (AvgIpc) is 3.08. The summed E-state index contributed by atoms with van der Waals surface area (Å²) in [5, 5.41) is 4.52. The normalized spacial score (nSPS) is 14.6. The summed E-state index contributed by atoms with van der Waals surface area (Å²) in [5.41, 5.74) is 5.01. The molecule has 5 nitrogen and oxygen atoms in total. The van der Waals surface area contributed by atoms with E-state index in [1.165, 1.54) is 22.4 Å². The van der Waals surface area contributed by atoms with E-state index in [1.54, 1.807) is 0 Å². The van der Waals surface area contributed by atoms with Crippen molar-refractivity contribution < 1.29 is 0 Å². The third kappa shape index (κ3) is 3.83. The molecule has 1 aliphatic heterocycles. The minimum atomic E-state index is 0.383. The predicted octanol–water partition coefficient (Wildman–Crippen LogP) is 3.40. The third-order valence-electron chi connectivity index (χ3n) is 4.83. The number of benzene rings is 1. The lowest BCUT2D eigenvalue weighted by atomic mass is 10.1. The molecule has 5 heteroatoms. The highest BCUT2D eigenvalue weighted by Crippen LogP contribution is 2.20. The Kier molecular flexibility index (Phi) is 4.80. The van der Waals surface area contributed by atoms with Crippen LogP contribution in [0.3, 0.4) is 0 Å². The van der Waals surface area contributed by atoms with Crippen molar-refractivity contribution in [2.24, 2.45) is 0 Å². The van der Waals surface area contributed by atoms with Gasteiger partial charge in [0.05, 0.1) is 12.7 Å². The second kappa shape index (κ2) is 7.38. The summed E-state index contributed by atoms with van der Waals surface area (Å²) in [5.74, 6) is 1.34. The lowest BCUT2D eigenvalue weighted by molar-refractivity contribution is 0.242. The van der Waals surface area contributed by atoms with Crippen LogP contribution in [-0.4, -0.2) is 31.2 Å². The molecule has 1 aliphatic rings. The van der Waals surface area contributed by atoms with E-state index in [2.05, 4.69) is 59.3 Å². The first kappa shape index (κ1) is 16.9. The Morgan fingerprint density at radius 1 is 1.04 bits per heavy atom. The van der Waals surface area contributed by atoms with Crippen LogP contribution in [0.1, 0.15) is 48.0 Å². The summed E-state index contributed by atoms with van der Waals surface area (Å²) < 4.78 is 2.01. The van der Waals surface area contributed by atoms with Crippen molar-refractivity contribution in [1.82, 2.24) is 24.6 Å². The average molecular weight is 347 g/mol. The molecule has 0 aliphatic carbocycles. The minimum absolute atomic E-state index is 0.383. The number of hydrogen-bond acceptors (Lipinski definition) is 4. The first-order chi connectivity index (χ1) is 12.7. The molecule has 0 radical (unpaired) electrons. The first-order valence-electron chi connectivity index (χ1n) is 9.29. The van der Waals surface area contributed by atoms with Gasteiger partial charge >= 0.3 is 0 Å². The number of nitrogens with zero attached hydrogens (tertiary/aromatic N) is 5. The van der Waals surface area contributed by atoms with Crippen molar-refractivity contribution in [2.45, 2.75) is 45.8 Å². The standard InChI is InChI=1S/C21H25N5/c1-16(2)21-22-11-19-15-25(9-8-20(19)24-21)12-18-10-23-26(14-18)13-17-6-4-3-5-7-17/h3-7,10-11,14,16H,8-9,12-13,15H2,1-2H3. The van der Waals surface area contributed by atoms with E-state index >= 15 is 0 Å². The molecule has 0 spiro atoms. The molecule has 134 valence electrons. The Bertz CT molecular complexity index is 869. The van der Waals surface area contributed by atoms with Crippen molar-refractivity contribution >= 4 is 0 Å². The summed E-state index contributed by atoms with van der Waals surface area (Å²) in [6.45, 7) is 7.96. The Labute approximate surface area is 154 Å². The number of hydrogen-bond donors (Lipinski definition) is 0. The molecule has 0 saturated carbocycles. The van der Waals surface area contributed by atoms with E-state index in [4.69, 9.17) is 4.98 Å². The Balaban J connectivity index is 1.40. The van der Waals surface area contributed by atoms with Gasteiger partial charge in [0.2, 0.25) is 0 Å². The van der Waals surface area contributed by atoms with Gasteiger partial charge in [-0.1, -0.05) is 44.2 Å². The van der Waals surface area contributed by atoms with Crippen molar-refractivity contribution in [2.75, 3.05) is 6.54 Å². The molecule has 0 saturated heterocycles. The lowest BCUT2D eigenvalue weighted by Gasteiger charge is -2.27. The zero-order chi connectivity index (χ0) is 17.9. The summed E-state index contributed by atoms with van der Waals surface area (Å²) >= 11 is 0. The molecule has 0 atom stereocenters. The maximum Gasteiger partial charge on any atom is 0.131 e. The minimum Gasteiger partial charge on any atom is -0.294 e.